The molecule has 1 unspecified atom stereocenters. The molecule has 2 N–H and O–H groups in total. The van der Waals surface area contributed by atoms with Crippen LogP contribution in [0.15, 0.2) is 0 Å². The lowest BCUT2D eigenvalue weighted by atomic mass is 9.94. The molecule has 0 saturated carbocycles. The van der Waals surface area contributed by atoms with Crippen LogP contribution in [0.5, 0.6) is 0 Å². The van der Waals surface area contributed by atoms with E-state index in [1.807, 2.05) is 6.92 Å². The van der Waals surface area contributed by atoms with Crippen molar-refractivity contribution in [3.63, 3.8) is 0 Å². The second-order valence-corrected chi connectivity index (χ2v) is 7.86. The Morgan fingerprint density at radius 2 is 1.80 bits per heavy atom. The zero-order chi connectivity index (χ0) is 15.0. The number of sulfonamides is 1. The first kappa shape index (κ1) is 17.9. The van der Waals surface area contributed by atoms with Crippen LogP contribution >= 0.6 is 0 Å². The molecule has 1 aliphatic rings. The van der Waals surface area contributed by atoms with Crippen molar-refractivity contribution in [2.45, 2.75) is 58.5 Å². The number of hydrogen-bond acceptors (Lipinski definition) is 4. The molecule has 1 rings (SSSR count). The van der Waals surface area contributed by atoms with Gasteiger partial charge in [-0.25, -0.2) is 13.1 Å². The molecule has 1 fully saturated rings. The highest BCUT2D eigenvalue weighted by molar-refractivity contribution is 7.89. The molecule has 0 aliphatic carbocycles. The molecule has 0 radical (unpaired) electrons. The Balaban J connectivity index is 2.22. The molecule has 1 atom stereocenters. The molecule has 0 aromatic carbocycles. The summed E-state index contributed by atoms with van der Waals surface area (Å²) in [6.07, 6.45) is 3.49. The second-order valence-electron chi connectivity index (χ2n) is 5.99. The summed E-state index contributed by atoms with van der Waals surface area (Å²) in [5, 5.41) is 3.30. The lowest BCUT2D eigenvalue weighted by Gasteiger charge is -2.28. The molecular formula is C14H30N2O3S. The molecule has 20 heavy (non-hydrogen) atoms. The molecule has 1 saturated heterocycles. The molecule has 0 spiro atoms. The first-order chi connectivity index (χ1) is 9.41. The van der Waals surface area contributed by atoms with Crippen LogP contribution in [0, 0.1) is 5.92 Å². The summed E-state index contributed by atoms with van der Waals surface area (Å²) in [6, 6.07) is 0.468. The molecule has 1 aliphatic heterocycles. The van der Waals surface area contributed by atoms with Gasteiger partial charge in [0.2, 0.25) is 10.0 Å². The van der Waals surface area contributed by atoms with Crippen LogP contribution < -0.4 is 10.0 Å². The van der Waals surface area contributed by atoms with Crippen molar-refractivity contribution >= 4 is 10.0 Å². The zero-order valence-corrected chi connectivity index (χ0v) is 13.8. The summed E-state index contributed by atoms with van der Waals surface area (Å²) >= 11 is 0. The quantitative estimate of drug-likeness (QED) is 0.634. The third-order valence-electron chi connectivity index (χ3n) is 3.73. The normalized spacial score (nSPS) is 19.4. The van der Waals surface area contributed by atoms with E-state index in [4.69, 9.17) is 4.74 Å². The van der Waals surface area contributed by atoms with Gasteiger partial charge in [-0.05, 0) is 45.1 Å². The Morgan fingerprint density at radius 1 is 1.15 bits per heavy atom. The van der Waals surface area contributed by atoms with Crippen LogP contribution in [0.25, 0.3) is 0 Å². The van der Waals surface area contributed by atoms with Crippen LogP contribution in [-0.4, -0.2) is 46.0 Å². The molecule has 1 heterocycles. The number of unbranched alkanes of at least 4 members (excludes halogenated alkanes) is 1. The highest BCUT2D eigenvalue weighted by Crippen LogP contribution is 2.19. The van der Waals surface area contributed by atoms with E-state index in [0.717, 1.165) is 39.0 Å². The Morgan fingerprint density at radius 3 is 2.40 bits per heavy atom. The van der Waals surface area contributed by atoms with Crippen molar-refractivity contribution < 1.29 is 13.2 Å². The summed E-state index contributed by atoms with van der Waals surface area (Å²) in [4.78, 5) is 0. The molecule has 0 amide bonds. The van der Waals surface area contributed by atoms with Crippen molar-refractivity contribution in [1.29, 1.82) is 0 Å². The number of hydrogen-bond donors (Lipinski definition) is 2. The average Bonchev–Trinajstić information content (AvgIpc) is 2.38. The van der Waals surface area contributed by atoms with E-state index in [0.29, 0.717) is 18.4 Å². The summed E-state index contributed by atoms with van der Waals surface area (Å²) in [6.45, 7) is 8.52. The van der Waals surface area contributed by atoms with Gasteiger partial charge in [0.15, 0.2) is 0 Å². The van der Waals surface area contributed by atoms with Crippen LogP contribution in [0.4, 0.5) is 0 Å². The molecule has 0 aromatic heterocycles. The van der Waals surface area contributed by atoms with E-state index in [9.17, 15) is 8.42 Å². The fourth-order valence-corrected chi connectivity index (χ4v) is 3.92. The fraction of sp³-hybridized carbons (Fsp3) is 1.00. The van der Waals surface area contributed by atoms with Gasteiger partial charge in [-0.15, -0.1) is 0 Å². The van der Waals surface area contributed by atoms with Crippen molar-refractivity contribution in [3.05, 3.63) is 0 Å². The van der Waals surface area contributed by atoms with E-state index in [1.54, 1.807) is 0 Å². The van der Waals surface area contributed by atoms with E-state index in [-0.39, 0.29) is 11.8 Å². The van der Waals surface area contributed by atoms with Gasteiger partial charge in [0, 0.05) is 25.3 Å². The molecule has 0 aromatic rings. The van der Waals surface area contributed by atoms with Crippen molar-refractivity contribution in [3.8, 4) is 0 Å². The fourth-order valence-electron chi connectivity index (χ4n) is 2.46. The Labute approximate surface area is 123 Å². The minimum Gasteiger partial charge on any atom is -0.381 e. The smallest absolute Gasteiger partial charge is 0.211 e. The Hall–Kier alpha value is -0.170. The Bertz CT molecular complexity index is 351. The van der Waals surface area contributed by atoms with Gasteiger partial charge in [0.1, 0.15) is 0 Å². The lowest BCUT2D eigenvalue weighted by Crippen LogP contribution is -2.41. The standard InChI is InChI=1S/C14H30N2O3S/c1-12(2)15-8-4-5-11-20(17,18)16-13(3)14-6-9-19-10-7-14/h12-16H,4-11H2,1-3H3. The maximum atomic E-state index is 12.0. The first-order valence-electron chi connectivity index (χ1n) is 7.72. The highest BCUT2D eigenvalue weighted by atomic mass is 32.2. The van der Waals surface area contributed by atoms with Gasteiger partial charge in [-0.1, -0.05) is 13.8 Å². The van der Waals surface area contributed by atoms with Crippen LogP contribution in [0.2, 0.25) is 0 Å². The topological polar surface area (TPSA) is 67.4 Å². The number of rotatable bonds is 9. The van der Waals surface area contributed by atoms with Crippen LogP contribution in [0.1, 0.15) is 46.5 Å². The molecular weight excluding hydrogens is 276 g/mol. The van der Waals surface area contributed by atoms with E-state index >= 15 is 0 Å². The van der Waals surface area contributed by atoms with Crippen LogP contribution in [0.3, 0.4) is 0 Å². The van der Waals surface area contributed by atoms with Gasteiger partial charge in [-0.3, -0.25) is 0 Å². The highest BCUT2D eigenvalue weighted by Gasteiger charge is 2.24. The van der Waals surface area contributed by atoms with E-state index in [1.165, 1.54) is 0 Å². The monoisotopic (exact) mass is 306 g/mol. The van der Waals surface area contributed by atoms with Gasteiger partial charge in [0.25, 0.3) is 0 Å². The van der Waals surface area contributed by atoms with Crippen LogP contribution in [-0.2, 0) is 14.8 Å². The molecule has 120 valence electrons. The predicted molar refractivity (Wildman–Crippen MR) is 82.3 cm³/mol. The molecule has 5 nitrogen and oxygen atoms in total. The maximum absolute atomic E-state index is 12.0. The lowest BCUT2D eigenvalue weighted by molar-refractivity contribution is 0.0585. The summed E-state index contributed by atoms with van der Waals surface area (Å²) in [7, 11) is -3.15. The largest absolute Gasteiger partial charge is 0.381 e. The summed E-state index contributed by atoms with van der Waals surface area (Å²) in [5.41, 5.74) is 0. The minimum atomic E-state index is -3.15. The average molecular weight is 306 g/mol. The first-order valence-corrected chi connectivity index (χ1v) is 9.37. The van der Waals surface area contributed by atoms with E-state index < -0.39 is 10.0 Å². The third kappa shape index (κ3) is 7.57. The van der Waals surface area contributed by atoms with Gasteiger partial charge >= 0.3 is 0 Å². The van der Waals surface area contributed by atoms with Gasteiger partial charge in [0.05, 0.1) is 5.75 Å². The van der Waals surface area contributed by atoms with E-state index in [2.05, 4.69) is 23.9 Å². The van der Waals surface area contributed by atoms with Gasteiger partial charge in [-0.2, -0.15) is 0 Å². The minimum absolute atomic E-state index is 0.0117. The second kappa shape index (κ2) is 8.97. The van der Waals surface area contributed by atoms with Crippen molar-refractivity contribution in [2.75, 3.05) is 25.5 Å². The third-order valence-corrected chi connectivity index (χ3v) is 5.29. The van der Waals surface area contributed by atoms with Crippen molar-refractivity contribution in [1.82, 2.24) is 10.0 Å². The summed E-state index contributed by atoms with van der Waals surface area (Å²) in [5.74, 6) is 0.626. The maximum Gasteiger partial charge on any atom is 0.211 e. The van der Waals surface area contributed by atoms with Gasteiger partial charge < -0.3 is 10.1 Å². The SMILES string of the molecule is CC(C)NCCCCS(=O)(=O)NC(C)C1CCOCC1. The molecule has 0 bridgehead atoms. The van der Waals surface area contributed by atoms with Crippen molar-refractivity contribution in [2.24, 2.45) is 5.92 Å². The number of nitrogens with one attached hydrogen (secondary N) is 2. The zero-order valence-electron chi connectivity index (χ0n) is 13.0. The molecule has 6 heteroatoms. The Kier molecular flexibility index (Phi) is 8.02. The predicted octanol–water partition coefficient (Wildman–Crippen LogP) is 1.50. The number of ether oxygens (including phenoxy) is 1. The summed E-state index contributed by atoms with van der Waals surface area (Å²) < 4.78 is 32.2.